The van der Waals surface area contributed by atoms with Crippen molar-refractivity contribution in [2.75, 3.05) is 40.8 Å². The van der Waals surface area contributed by atoms with Crippen LogP contribution in [0.2, 0.25) is 0 Å². The van der Waals surface area contributed by atoms with E-state index in [2.05, 4.69) is 34.8 Å². The molecule has 0 atom stereocenters. The zero-order valence-corrected chi connectivity index (χ0v) is 21.6. The number of nitrogens with one attached hydrogen (secondary N) is 3. The number of hydrogen-bond acceptors (Lipinski definition) is 3. The summed E-state index contributed by atoms with van der Waals surface area (Å²) in [5.41, 5.74) is 2.18. The highest BCUT2D eigenvalue weighted by Gasteiger charge is 2.37. The average Bonchev–Trinajstić information content (AvgIpc) is 2.65. The van der Waals surface area contributed by atoms with Crippen LogP contribution in [0.4, 0.5) is 0 Å². The van der Waals surface area contributed by atoms with Crippen LogP contribution in [0.1, 0.15) is 55.5 Å². The summed E-state index contributed by atoms with van der Waals surface area (Å²) in [7, 11) is 5.80. The number of carbonyl (C=O) groups excluding carboxylic acids is 1. The predicted octanol–water partition coefficient (Wildman–Crippen LogP) is 3.48. The van der Waals surface area contributed by atoms with Crippen molar-refractivity contribution < 1.29 is 4.79 Å². The normalized spacial score (nSPS) is 15.4. The van der Waals surface area contributed by atoms with E-state index in [1.54, 1.807) is 7.05 Å². The van der Waals surface area contributed by atoms with Crippen LogP contribution in [0.15, 0.2) is 29.3 Å². The Kier molecular flexibility index (Phi) is 11.7. The fourth-order valence-corrected chi connectivity index (χ4v) is 3.99. The molecule has 6 nitrogen and oxygen atoms in total. The van der Waals surface area contributed by atoms with Gasteiger partial charge < -0.3 is 20.9 Å². The van der Waals surface area contributed by atoms with E-state index in [4.69, 9.17) is 0 Å². The molecule has 1 aromatic rings. The largest absolute Gasteiger partial charge is 0.356 e. The highest BCUT2D eigenvalue weighted by molar-refractivity contribution is 14.0. The third-order valence-electron chi connectivity index (χ3n) is 5.60. The highest BCUT2D eigenvalue weighted by Crippen LogP contribution is 2.45. The predicted molar refractivity (Wildman–Crippen MR) is 137 cm³/mol. The summed E-state index contributed by atoms with van der Waals surface area (Å²) < 4.78 is 0. The van der Waals surface area contributed by atoms with Crippen LogP contribution in [0.25, 0.3) is 0 Å². The molecule has 0 radical (unpaired) electrons. The number of aliphatic imine (C=N–C) groups is 1. The highest BCUT2D eigenvalue weighted by atomic mass is 127. The molecule has 0 saturated heterocycles. The van der Waals surface area contributed by atoms with E-state index in [1.165, 1.54) is 25.7 Å². The molecule has 0 bridgehead atoms. The molecular formula is C23H40IN5O. The van der Waals surface area contributed by atoms with E-state index in [0.717, 1.165) is 30.5 Å². The van der Waals surface area contributed by atoms with Gasteiger partial charge in [0.15, 0.2) is 5.96 Å². The van der Waals surface area contributed by atoms with Gasteiger partial charge >= 0.3 is 0 Å². The molecule has 0 unspecified atom stereocenters. The summed E-state index contributed by atoms with van der Waals surface area (Å²) in [6.07, 6.45) is 5.21. The quantitative estimate of drug-likeness (QED) is 0.247. The van der Waals surface area contributed by atoms with Crippen molar-refractivity contribution in [1.82, 2.24) is 20.9 Å². The van der Waals surface area contributed by atoms with Crippen LogP contribution in [0.5, 0.6) is 0 Å². The summed E-state index contributed by atoms with van der Waals surface area (Å²) >= 11 is 0. The van der Waals surface area contributed by atoms with Crippen molar-refractivity contribution in [3.63, 3.8) is 0 Å². The number of halogens is 1. The van der Waals surface area contributed by atoms with Crippen LogP contribution in [-0.2, 0) is 6.54 Å². The van der Waals surface area contributed by atoms with Gasteiger partial charge in [-0.2, -0.15) is 0 Å². The van der Waals surface area contributed by atoms with Gasteiger partial charge in [-0.1, -0.05) is 32.4 Å². The van der Waals surface area contributed by atoms with Crippen LogP contribution in [-0.4, -0.2) is 57.5 Å². The number of carbonyl (C=O) groups is 1. The molecule has 3 N–H and O–H groups in total. The van der Waals surface area contributed by atoms with Crippen molar-refractivity contribution in [2.24, 2.45) is 16.3 Å². The minimum absolute atomic E-state index is 0. The van der Waals surface area contributed by atoms with Gasteiger partial charge in [0, 0.05) is 38.8 Å². The van der Waals surface area contributed by atoms with E-state index in [9.17, 15) is 4.79 Å². The minimum atomic E-state index is -0.0307. The molecule has 0 heterocycles. The van der Waals surface area contributed by atoms with Crippen LogP contribution in [0, 0.1) is 11.3 Å². The molecule has 1 fully saturated rings. The van der Waals surface area contributed by atoms with E-state index < -0.39 is 0 Å². The Balaban J connectivity index is 0.00000450. The molecule has 30 heavy (non-hydrogen) atoms. The van der Waals surface area contributed by atoms with Crippen molar-refractivity contribution in [3.05, 3.63) is 35.4 Å². The second-order valence-corrected chi connectivity index (χ2v) is 8.99. The third-order valence-corrected chi connectivity index (χ3v) is 5.60. The maximum atomic E-state index is 12.3. The lowest BCUT2D eigenvalue weighted by molar-refractivity contribution is 0.0951. The topological polar surface area (TPSA) is 68.8 Å². The first kappa shape index (κ1) is 26.7. The summed E-state index contributed by atoms with van der Waals surface area (Å²) in [4.78, 5) is 18.7. The summed E-state index contributed by atoms with van der Waals surface area (Å²) in [6, 6.07) is 7.76. The molecule has 1 aromatic carbocycles. The maximum absolute atomic E-state index is 12.3. The zero-order chi connectivity index (χ0) is 21.3. The number of nitrogens with zero attached hydrogens (tertiary/aromatic N) is 2. The summed E-state index contributed by atoms with van der Waals surface area (Å²) in [5, 5.41) is 9.86. The van der Waals surface area contributed by atoms with E-state index in [0.29, 0.717) is 24.1 Å². The molecule has 170 valence electrons. The molecule has 1 amide bonds. The Labute approximate surface area is 199 Å². The molecule has 0 aromatic heterocycles. The van der Waals surface area contributed by atoms with Crippen LogP contribution >= 0.6 is 24.0 Å². The molecular weight excluding hydrogens is 489 g/mol. The van der Waals surface area contributed by atoms with Gasteiger partial charge in [-0.05, 0) is 62.4 Å². The van der Waals surface area contributed by atoms with Gasteiger partial charge in [0.2, 0.25) is 0 Å². The standard InChI is InChI=1S/C23H39N5O.HI/c1-18(2)15-23(10-7-11-23)17-27-22(24-3)26-16-19-8-6-9-20(14-19)21(29)25-12-13-28(4)5;/h6,8-9,14,18H,7,10-13,15-17H2,1-5H3,(H,25,29)(H2,24,26,27);1H. The zero-order valence-electron chi connectivity index (χ0n) is 19.3. The van der Waals surface area contributed by atoms with Gasteiger partial charge in [0.05, 0.1) is 0 Å². The molecule has 1 aliphatic rings. The molecule has 1 saturated carbocycles. The maximum Gasteiger partial charge on any atom is 0.251 e. The van der Waals surface area contributed by atoms with Crippen LogP contribution in [0.3, 0.4) is 0 Å². The van der Waals surface area contributed by atoms with Crippen molar-refractivity contribution in [2.45, 2.75) is 46.1 Å². The van der Waals surface area contributed by atoms with Crippen LogP contribution < -0.4 is 16.0 Å². The SMILES string of the molecule is CN=C(NCc1cccc(C(=O)NCCN(C)C)c1)NCC1(CC(C)C)CCC1.I. The summed E-state index contributed by atoms with van der Waals surface area (Å²) in [5.74, 6) is 1.51. The van der Waals surface area contributed by atoms with Crippen molar-refractivity contribution in [3.8, 4) is 0 Å². The van der Waals surface area contributed by atoms with Gasteiger partial charge in [0.25, 0.3) is 5.91 Å². The first-order valence-electron chi connectivity index (χ1n) is 10.8. The lowest BCUT2D eigenvalue weighted by Crippen LogP contribution is -2.46. The van der Waals surface area contributed by atoms with Crippen molar-refractivity contribution >= 4 is 35.8 Å². The Morgan fingerprint density at radius 1 is 1.20 bits per heavy atom. The van der Waals surface area contributed by atoms with Crippen molar-refractivity contribution in [1.29, 1.82) is 0 Å². The van der Waals surface area contributed by atoms with Gasteiger partial charge in [0.1, 0.15) is 0 Å². The van der Waals surface area contributed by atoms with Gasteiger partial charge in [-0.25, -0.2) is 0 Å². The van der Waals surface area contributed by atoms with Gasteiger partial charge in [-0.15, -0.1) is 24.0 Å². The molecule has 7 heteroatoms. The lowest BCUT2D eigenvalue weighted by atomic mass is 9.64. The third kappa shape index (κ3) is 8.79. The smallest absolute Gasteiger partial charge is 0.251 e. The molecule has 2 rings (SSSR count). The number of likely N-dealkylation sites (N-methyl/N-ethyl adjacent to an activating group) is 1. The number of benzene rings is 1. The second-order valence-electron chi connectivity index (χ2n) is 8.99. The van der Waals surface area contributed by atoms with E-state index >= 15 is 0 Å². The van der Waals surface area contributed by atoms with E-state index in [-0.39, 0.29) is 29.9 Å². The summed E-state index contributed by atoms with van der Waals surface area (Å²) in [6.45, 7) is 7.68. The number of hydrogen-bond donors (Lipinski definition) is 3. The Morgan fingerprint density at radius 2 is 1.93 bits per heavy atom. The lowest BCUT2D eigenvalue weighted by Gasteiger charge is -2.43. The number of guanidine groups is 1. The first-order chi connectivity index (χ1) is 13.8. The van der Waals surface area contributed by atoms with Gasteiger partial charge in [-0.3, -0.25) is 9.79 Å². The monoisotopic (exact) mass is 529 g/mol. The van der Waals surface area contributed by atoms with E-state index in [1.807, 2.05) is 43.3 Å². The number of amides is 1. The fraction of sp³-hybridized carbons (Fsp3) is 0.652. The Hall–Kier alpha value is -1.35. The minimum Gasteiger partial charge on any atom is -0.356 e. The Bertz CT molecular complexity index is 686. The fourth-order valence-electron chi connectivity index (χ4n) is 3.99. The molecule has 0 spiro atoms. The second kappa shape index (κ2) is 13.1. The number of rotatable bonds is 10. The first-order valence-corrected chi connectivity index (χ1v) is 10.8. The Morgan fingerprint density at radius 3 is 2.50 bits per heavy atom. The molecule has 1 aliphatic carbocycles. The molecule has 0 aliphatic heterocycles. The average molecular weight is 530 g/mol.